The fourth-order valence-electron chi connectivity index (χ4n) is 1.78. The van der Waals surface area contributed by atoms with E-state index in [4.69, 9.17) is 0 Å². The first-order valence-corrected chi connectivity index (χ1v) is 4.24. The third kappa shape index (κ3) is 1.12. The van der Waals surface area contributed by atoms with Gasteiger partial charge in [-0.05, 0) is 36.5 Å². The molecule has 1 aromatic rings. The maximum Gasteiger partial charge on any atom is 0.126 e. The van der Waals surface area contributed by atoms with Crippen LogP contribution in [-0.4, -0.2) is 5.11 Å². The van der Waals surface area contributed by atoms with Crippen LogP contribution in [0.1, 0.15) is 30.1 Å². The van der Waals surface area contributed by atoms with Crippen molar-refractivity contribution in [1.82, 2.24) is 0 Å². The molecule has 0 saturated heterocycles. The Morgan fingerprint density at radius 2 is 2.25 bits per heavy atom. The minimum Gasteiger partial charge on any atom is -0.388 e. The van der Waals surface area contributed by atoms with Gasteiger partial charge < -0.3 is 5.11 Å². The Morgan fingerprint density at radius 3 is 3.00 bits per heavy atom. The summed E-state index contributed by atoms with van der Waals surface area (Å²) in [5.74, 6) is -0.175. The molecule has 0 aromatic heterocycles. The molecule has 1 aliphatic carbocycles. The lowest BCUT2D eigenvalue weighted by molar-refractivity contribution is 0.155. The zero-order chi connectivity index (χ0) is 8.55. The predicted molar refractivity (Wildman–Crippen MR) is 44.3 cm³/mol. The Kier molecular flexibility index (Phi) is 1.85. The van der Waals surface area contributed by atoms with Gasteiger partial charge in [-0.15, -0.1) is 0 Å². The van der Waals surface area contributed by atoms with Gasteiger partial charge in [0.05, 0.1) is 6.10 Å². The van der Waals surface area contributed by atoms with Crippen molar-refractivity contribution in [2.45, 2.75) is 25.4 Å². The van der Waals surface area contributed by atoms with Crippen LogP contribution in [0, 0.1) is 5.82 Å². The Bertz CT molecular complexity index is 296. The number of hydrogen-bond donors (Lipinski definition) is 1. The van der Waals surface area contributed by atoms with Gasteiger partial charge >= 0.3 is 0 Å². The summed E-state index contributed by atoms with van der Waals surface area (Å²) in [5.41, 5.74) is 1.48. The van der Waals surface area contributed by atoms with E-state index in [9.17, 15) is 9.50 Å². The smallest absolute Gasteiger partial charge is 0.126 e. The summed E-state index contributed by atoms with van der Waals surface area (Å²) in [7, 11) is 0. The predicted octanol–water partition coefficient (Wildman–Crippen LogP) is 2.20. The first kappa shape index (κ1) is 7.74. The summed E-state index contributed by atoms with van der Waals surface area (Å²) in [6.07, 6.45) is 1.95. The third-order valence-electron chi connectivity index (χ3n) is 2.42. The summed E-state index contributed by atoms with van der Waals surface area (Å²) in [6, 6.07) is 4.92. The first-order valence-electron chi connectivity index (χ1n) is 4.24. The van der Waals surface area contributed by atoms with Crippen molar-refractivity contribution in [3.63, 3.8) is 0 Å². The molecule has 1 nitrogen and oxygen atoms in total. The molecule has 1 aromatic carbocycles. The fourth-order valence-corrected chi connectivity index (χ4v) is 1.78. The summed E-state index contributed by atoms with van der Waals surface area (Å²) in [4.78, 5) is 0. The summed E-state index contributed by atoms with van der Waals surface area (Å²) in [6.45, 7) is 0. The molecule has 0 spiro atoms. The molecule has 0 amide bonds. The normalized spacial score (nSPS) is 22.0. The number of aliphatic hydroxyl groups is 1. The van der Waals surface area contributed by atoms with E-state index in [2.05, 4.69) is 0 Å². The minimum atomic E-state index is -0.454. The van der Waals surface area contributed by atoms with E-state index in [0.717, 1.165) is 24.8 Å². The molecular weight excluding hydrogens is 155 g/mol. The van der Waals surface area contributed by atoms with Gasteiger partial charge in [0.1, 0.15) is 5.82 Å². The molecule has 1 N–H and O–H groups in total. The Labute approximate surface area is 70.8 Å². The molecule has 0 fully saturated rings. The van der Waals surface area contributed by atoms with Crippen LogP contribution >= 0.6 is 0 Å². The number of fused-ring (bicyclic) bond motifs is 1. The van der Waals surface area contributed by atoms with Gasteiger partial charge in [0, 0.05) is 0 Å². The average Bonchev–Trinajstić information content (AvgIpc) is 2.07. The second-order valence-electron chi connectivity index (χ2n) is 3.22. The van der Waals surface area contributed by atoms with Crippen LogP contribution in [0.3, 0.4) is 0 Å². The van der Waals surface area contributed by atoms with Gasteiger partial charge in [0.2, 0.25) is 0 Å². The SMILES string of the molecule is O[C@H]1CCCc2c(F)cccc21. The van der Waals surface area contributed by atoms with Crippen LogP contribution in [-0.2, 0) is 6.42 Å². The van der Waals surface area contributed by atoms with Gasteiger partial charge in [0.25, 0.3) is 0 Å². The van der Waals surface area contributed by atoms with Crippen LogP contribution in [0.25, 0.3) is 0 Å². The number of benzene rings is 1. The van der Waals surface area contributed by atoms with Crippen LogP contribution < -0.4 is 0 Å². The van der Waals surface area contributed by atoms with Crippen molar-refractivity contribution < 1.29 is 9.50 Å². The molecule has 0 aliphatic heterocycles. The number of halogens is 1. The van der Waals surface area contributed by atoms with Gasteiger partial charge in [-0.25, -0.2) is 4.39 Å². The van der Waals surface area contributed by atoms with E-state index in [-0.39, 0.29) is 5.82 Å². The molecule has 0 bridgehead atoms. The highest BCUT2D eigenvalue weighted by atomic mass is 19.1. The molecule has 64 valence electrons. The topological polar surface area (TPSA) is 20.2 Å². The van der Waals surface area contributed by atoms with Crippen molar-refractivity contribution in [2.75, 3.05) is 0 Å². The third-order valence-corrected chi connectivity index (χ3v) is 2.42. The van der Waals surface area contributed by atoms with E-state index >= 15 is 0 Å². The zero-order valence-electron chi connectivity index (χ0n) is 6.76. The lowest BCUT2D eigenvalue weighted by Crippen LogP contribution is -2.10. The molecular formula is C10H11FO. The average molecular weight is 166 g/mol. The lowest BCUT2D eigenvalue weighted by atomic mass is 9.89. The van der Waals surface area contributed by atoms with E-state index in [1.165, 1.54) is 6.07 Å². The first-order chi connectivity index (χ1) is 5.79. The van der Waals surface area contributed by atoms with E-state index in [1.54, 1.807) is 6.07 Å². The lowest BCUT2D eigenvalue weighted by Gasteiger charge is -2.21. The molecule has 12 heavy (non-hydrogen) atoms. The molecule has 0 saturated carbocycles. The van der Waals surface area contributed by atoms with Crippen molar-refractivity contribution in [1.29, 1.82) is 0 Å². The van der Waals surface area contributed by atoms with E-state index in [1.807, 2.05) is 6.07 Å². The Morgan fingerprint density at radius 1 is 1.42 bits per heavy atom. The highest BCUT2D eigenvalue weighted by Crippen LogP contribution is 2.30. The Hall–Kier alpha value is -0.890. The maximum atomic E-state index is 13.1. The Balaban J connectivity index is 2.52. The highest BCUT2D eigenvalue weighted by Gasteiger charge is 2.19. The van der Waals surface area contributed by atoms with Crippen molar-refractivity contribution >= 4 is 0 Å². The largest absolute Gasteiger partial charge is 0.388 e. The van der Waals surface area contributed by atoms with E-state index in [0.29, 0.717) is 5.56 Å². The van der Waals surface area contributed by atoms with Crippen LogP contribution in [0.15, 0.2) is 18.2 Å². The molecule has 1 aliphatic rings. The second kappa shape index (κ2) is 2.87. The van der Waals surface area contributed by atoms with E-state index < -0.39 is 6.10 Å². The zero-order valence-corrected chi connectivity index (χ0v) is 6.76. The fraction of sp³-hybridized carbons (Fsp3) is 0.400. The number of aliphatic hydroxyl groups excluding tert-OH is 1. The highest BCUT2D eigenvalue weighted by molar-refractivity contribution is 5.32. The molecule has 2 rings (SSSR count). The van der Waals surface area contributed by atoms with Gasteiger partial charge in [-0.1, -0.05) is 12.1 Å². The molecule has 1 atom stereocenters. The van der Waals surface area contributed by atoms with Gasteiger partial charge in [-0.3, -0.25) is 0 Å². The van der Waals surface area contributed by atoms with Crippen molar-refractivity contribution in [3.8, 4) is 0 Å². The van der Waals surface area contributed by atoms with Gasteiger partial charge in [0.15, 0.2) is 0 Å². The molecule has 0 radical (unpaired) electrons. The quantitative estimate of drug-likeness (QED) is 0.626. The molecule has 0 heterocycles. The molecule has 2 heteroatoms. The summed E-state index contributed by atoms with van der Waals surface area (Å²) < 4.78 is 13.1. The summed E-state index contributed by atoms with van der Waals surface area (Å²) >= 11 is 0. The standard InChI is InChI=1S/C10H11FO/c11-9-5-1-4-8-7(9)3-2-6-10(8)12/h1,4-5,10,12H,2-3,6H2/t10-/m0/s1. The van der Waals surface area contributed by atoms with Crippen molar-refractivity contribution in [3.05, 3.63) is 35.1 Å². The second-order valence-corrected chi connectivity index (χ2v) is 3.22. The molecule has 0 unspecified atom stereocenters. The van der Waals surface area contributed by atoms with Crippen LogP contribution in [0.5, 0.6) is 0 Å². The monoisotopic (exact) mass is 166 g/mol. The number of hydrogen-bond acceptors (Lipinski definition) is 1. The van der Waals surface area contributed by atoms with Crippen LogP contribution in [0.2, 0.25) is 0 Å². The summed E-state index contributed by atoms with van der Waals surface area (Å²) in [5, 5.41) is 9.52. The maximum absolute atomic E-state index is 13.1. The van der Waals surface area contributed by atoms with Crippen LogP contribution in [0.4, 0.5) is 4.39 Å². The van der Waals surface area contributed by atoms with Crippen molar-refractivity contribution in [2.24, 2.45) is 0 Å². The van der Waals surface area contributed by atoms with Gasteiger partial charge in [-0.2, -0.15) is 0 Å². The minimum absolute atomic E-state index is 0.175. The number of rotatable bonds is 0.